The molecule has 1 unspecified atom stereocenters. The van der Waals surface area contributed by atoms with Crippen LogP contribution in [0, 0.1) is 0 Å². The molecule has 1 aromatic carbocycles. The average Bonchev–Trinajstić information content (AvgIpc) is 3.31. The first-order valence-electron chi connectivity index (χ1n) is 9.55. The molecule has 1 aliphatic heterocycles. The Morgan fingerprint density at radius 3 is 2.63 bits per heavy atom. The fourth-order valence-electron chi connectivity index (χ4n) is 3.24. The second-order valence-electron chi connectivity index (χ2n) is 7.14. The highest BCUT2D eigenvalue weighted by Crippen LogP contribution is 2.45. The summed E-state index contributed by atoms with van der Waals surface area (Å²) in [6.45, 7) is 1.49. The van der Waals surface area contributed by atoms with Gasteiger partial charge in [0.2, 0.25) is 5.91 Å². The van der Waals surface area contributed by atoms with Crippen LogP contribution in [0.4, 0.5) is 0 Å². The third-order valence-electron chi connectivity index (χ3n) is 4.65. The molecule has 1 atom stereocenters. The molecule has 1 aliphatic rings. The average molecular weight is 515 g/mol. The SMILES string of the molecule is COc1cc(Br)c(C2SCC(=O)N2CCSCc2ccc(CN(C)C)o2)cc1OC. The minimum absolute atomic E-state index is 0.0393. The van der Waals surface area contributed by atoms with Gasteiger partial charge in [0.15, 0.2) is 11.5 Å². The molecule has 164 valence electrons. The summed E-state index contributed by atoms with van der Waals surface area (Å²) in [5.41, 5.74) is 1.02. The van der Waals surface area contributed by atoms with Gasteiger partial charge in [-0.2, -0.15) is 11.8 Å². The van der Waals surface area contributed by atoms with Crippen molar-refractivity contribution in [2.45, 2.75) is 17.7 Å². The number of hydrogen-bond acceptors (Lipinski definition) is 7. The molecule has 30 heavy (non-hydrogen) atoms. The molecule has 1 fully saturated rings. The van der Waals surface area contributed by atoms with Crippen LogP contribution in [0.2, 0.25) is 0 Å². The summed E-state index contributed by atoms with van der Waals surface area (Å²) in [6, 6.07) is 7.91. The molecular formula is C21H27BrN2O4S2. The lowest BCUT2D eigenvalue weighted by Crippen LogP contribution is -2.30. The number of methoxy groups -OCH3 is 2. The van der Waals surface area contributed by atoms with Gasteiger partial charge in [0.05, 0.1) is 32.3 Å². The van der Waals surface area contributed by atoms with Crippen LogP contribution in [0.1, 0.15) is 22.5 Å². The summed E-state index contributed by atoms with van der Waals surface area (Å²) < 4.78 is 17.6. The standard InChI is InChI=1S/C21H27BrN2O4S2/c1-23(2)11-14-5-6-15(28-14)12-29-8-7-24-20(25)13-30-21(24)16-9-18(26-3)19(27-4)10-17(16)22/h5-6,9-10,21H,7-8,11-13H2,1-4H3. The quantitative estimate of drug-likeness (QED) is 0.428. The lowest BCUT2D eigenvalue weighted by molar-refractivity contribution is -0.127. The van der Waals surface area contributed by atoms with Crippen molar-refractivity contribution in [2.24, 2.45) is 0 Å². The van der Waals surface area contributed by atoms with E-state index in [1.165, 1.54) is 0 Å². The molecule has 6 nitrogen and oxygen atoms in total. The van der Waals surface area contributed by atoms with Crippen LogP contribution in [0.15, 0.2) is 33.2 Å². The number of hydrogen-bond donors (Lipinski definition) is 0. The van der Waals surface area contributed by atoms with E-state index in [2.05, 4.69) is 20.8 Å². The second kappa shape index (κ2) is 10.8. The maximum absolute atomic E-state index is 12.5. The van der Waals surface area contributed by atoms with Gasteiger partial charge in [-0.15, -0.1) is 11.8 Å². The summed E-state index contributed by atoms with van der Waals surface area (Å²) in [5.74, 6) is 5.57. The molecule has 0 radical (unpaired) electrons. The Hall–Kier alpha value is -1.29. The monoisotopic (exact) mass is 514 g/mol. The fraction of sp³-hybridized carbons (Fsp3) is 0.476. The molecule has 0 N–H and O–H groups in total. The highest BCUT2D eigenvalue weighted by atomic mass is 79.9. The minimum atomic E-state index is -0.0393. The number of rotatable bonds is 10. The molecule has 0 spiro atoms. The molecule has 2 heterocycles. The Kier molecular flexibility index (Phi) is 8.44. The zero-order chi connectivity index (χ0) is 21.7. The summed E-state index contributed by atoms with van der Waals surface area (Å²) >= 11 is 7.05. The topological polar surface area (TPSA) is 55.2 Å². The minimum Gasteiger partial charge on any atom is -0.493 e. The number of amides is 1. The molecule has 9 heteroatoms. The van der Waals surface area contributed by atoms with E-state index in [1.54, 1.807) is 37.7 Å². The summed E-state index contributed by atoms with van der Waals surface area (Å²) in [7, 11) is 7.28. The van der Waals surface area contributed by atoms with E-state index in [0.717, 1.165) is 39.6 Å². The van der Waals surface area contributed by atoms with E-state index in [9.17, 15) is 4.79 Å². The van der Waals surface area contributed by atoms with E-state index in [0.29, 0.717) is 23.8 Å². The van der Waals surface area contributed by atoms with Crippen molar-refractivity contribution in [3.8, 4) is 11.5 Å². The van der Waals surface area contributed by atoms with Gasteiger partial charge in [-0.3, -0.25) is 4.79 Å². The van der Waals surface area contributed by atoms with Crippen LogP contribution in [0.3, 0.4) is 0 Å². The van der Waals surface area contributed by atoms with Crippen LogP contribution in [-0.2, 0) is 17.1 Å². The Labute approximate surface area is 194 Å². The number of thioether (sulfide) groups is 2. The molecular weight excluding hydrogens is 488 g/mol. The van der Waals surface area contributed by atoms with Gasteiger partial charge in [0.25, 0.3) is 0 Å². The molecule has 0 saturated carbocycles. The number of carbonyl (C=O) groups is 1. The van der Waals surface area contributed by atoms with Gasteiger partial charge in [0.1, 0.15) is 16.9 Å². The third kappa shape index (κ3) is 5.69. The molecule has 0 aliphatic carbocycles. The molecule has 1 amide bonds. The number of carbonyl (C=O) groups excluding carboxylic acids is 1. The summed E-state index contributed by atoms with van der Waals surface area (Å²) in [5, 5.41) is -0.0393. The van der Waals surface area contributed by atoms with Crippen molar-refractivity contribution >= 4 is 45.4 Å². The highest BCUT2D eigenvalue weighted by molar-refractivity contribution is 9.10. The first kappa shape index (κ1) is 23.4. The van der Waals surface area contributed by atoms with Crippen LogP contribution in [-0.4, -0.2) is 62.1 Å². The number of benzene rings is 1. The van der Waals surface area contributed by atoms with Crippen LogP contribution >= 0.6 is 39.5 Å². The zero-order valence-electron chi connectivity index (χ0n) is 17.6. The smallest absolute Gasteiger partial charge is 0.233 e. The van der Waals surface area contributed by atoms with Gasteiger partial charge < -0.3 is 23.7 Å². The van der Waals surface area contributed by atoms with E-state index < -0.39 is 0 Å². The van der Waals surface area contributed by atoms with Gasteiger partial charge in [0, 0.05) is 22.3 Å². The van der Waals surface area contributed by atoms with Crippen molar-refractivity contribution < 1.29 is 18.7 Å². The van der Waals surface area contributed by atoms with Gasteiger partial charge in [-0.25, -0.2) is 0 Å². The summed E-state index contributed by atoms with van der Waals surface area (Å²) in [6.07, 6.45) is 0. The molecule has 2 aromatic rings. The van der Waals surface area contributed by atoms with Gasteiger partial charge in [-0.1, -0.05) is 15.9 Å². The van der Waals surface area contributed by atoms with Crippen molar-refractivity contribution in [3.05, 3.63) is 45.8 Å². The lowest BCUT2D eigenvalue weighted by atomic mass is 10.2. The number of ether oxygens (including phenoxy) is 2. The normalized spacial score (nSPS) is 16.5. The largest absolute Gasteiger partial charge is 0.493 e. The number of nitrogens with zero attached hydrogens (tertiary/aromatic N) is 2. The predicted octanol–water partition coefficient (Wildman–Crippen LogP) is 4.63. The predicted molar refractivity (Wildman–Crippen MR) is 126 cm³/mol. The highest BCUT2D eigenvalue weighted by Gasteiger charge is 2.34. The van der Waals surface area contributed by atoms with E-state index >= 15 is 0 Å². The van der Waals surface area contributed by atoms with Crippen molar-refractivity contribution in [1.29, 1.82) is 0 Å². The van der Waals surface area contributed by atoms with Crippen molar-refractivity contribution in [1.82, 2.24) is 9.80 Å². The Morgan fingerprint density at radius 1 is 1.23 bits per heavy atom. The molecule has 1 aromatic heterocycles. The van der Waals surface area contributed by atoms with Crippen LogP contribution in [0.25, 0.3) is 0 Å². The van der Waals surface area contributed by atoms with Gasteiger partial charge in [-0.05, 0) is 38.4 Å². The first-order valence-corrected chi connectivity index (χ1v) is 12.5. The Bertz CT molecular complexity index is 875. The van der Waals surface area contributed by atoms with Crippen LogP contribution in [0.5, 0.6) is 11.5 Å². The van der Waals surface area contributed by atoms with Gasteiger partial charge >= 0.3 is 0 Å². The second-order valence-corrected chi connectivity index (χ2v) is 10.2. The van der Waals surface area contributed by atoms with Crippen LogP contribution < -0.4 is 9.47 Å². The zero-order valence-corrected chi connectivity index (χ0v) is 20.9. The van der Waals surface area contributed by atoms with E-state index in [-0.39, 0.29) is 11.3 Å². The maximum Gasteiger partial charge on any atom is 0.233 e. The van der Waals surface area contributed by atoms with E-state index in [1.807, 2.05) is 43.3 Å². The number of halogens is 1. The molecule has 0 bridgehead atoms. The third-order valence-corrected chi connectivity index (χ3v) is 7.53. The van der Waals surface area contributed by atoms with Crippen molar-refractivity contribution in [3.63, 3.8) is 0 Å². The molecule has 3 rings (SSSR count). The molecule has 1 saturated heterocycles. The fourth-order valence-corrected chi connectivity index (χ4v) is 6.01. The number of furan rings is 1. The Balaban J connectivity index is 1.60. The Morgan fingerprint density at radius 2 is 1.93 bits per heavy atom. The summed E-state index contributed by atoms with van der Waals surface area (Å²) in [4.78, 5) is 16.5. The van der Waals surface area contributed by atoms with E-state index in [4.69, 9.17) is 13.9 Å². The lowest BCUT2D eigenvalue weighted by Gasteiger charge is -2.25. The first-order chi connectivity index (χ1) is 14.4. The maximum atomic E-state index is 12.5. The van der Waals surface area contributed by atoms with Crippen molar-refractivity contribution in [2.75, 3.05) is 46.4 Å².